The van der Waals surface area contributed by atoms with E-state index in [0.29, 0.717) is 5.82 Å². The number of thiophene rings is 1. The Labute approximate surface area is 114 Å². The van der Waals surface area contributed by atoms with Crippen LogP contribution in [-0.4, -0.2) is 10.8 Å². The fraction of sp³-hybridized carbons (Fsp3) is 0. The number of benzene rings is 1. The van der Waals surface area contributed by atoms with Gasteiger partial charge in [-0.3, -0.25) is 5.41 Å². The summed E-state index contributed by atoms with van der Waals surface area (Å²) in [6.07, 6.45) is 0. The van der Waals surface area contributed by atoms with Crippen LogP contribution >= 0.6 is 11.3 Å². The standard InChI is InChI=1S/C14H12N4S/c15-12-6-2-5-10(18-12)9-4-1-3-8-7-11(14(16)17)19-13(8)9/h1-7H,(H2,15,18)(H3,16,17). The summed E-state index contributed by atoms with van der Waals surface area (Å²) in [5, 5.41) is 8.60. The normalized spacial score (nSPS) is 10.7. The number of aromatic nitrogens is 1. The highest BCUT2D eigenvalue weighted by Crippen LogP contribution is 2.34. The zero-order valence-corrected chi connectivity index (χ0v) is 10.9. The molecule has 4 nitrogen and oxygen atoms in total. The highest BCUT2D eigenvalue weighted by Gasteiger charge is 2.10. The summed E-state index contributed by atoms with van der Waals surface area (Å²) >= 11 is 1.50. The van der Waals surface area contributed by atoms with Crippen molar-refractivity contribution in [1.29, 1.82) is 5.41 Å². The maximum atomic E-state index is 7.53. The van der Waals surface area contributed by atoms with Crippen LogP contribution in [0.15, 0.2) is 42.5 Å². The molecule has 0 aliphatic rings. The second kappa shape index (κ2) is 4.37. The molecular formula is C14H12N4S. The Morgan fingerprint density at radius 3 is 2.68 bits per heavy atom. The van der Waals surface area contributed by atoms with Crippen LogP contribution in [0.5, 0.6) is 0 Å². The third-order valence-corrected chi connectivity index (χ3v) is 4.07. The summed E-state index contributed by atoms with van der Waals surface area (Å²) in [5.74, 6) is 0.588. The van der Waals surface area contributed by atoms with Gasteiger partial charge in [-0.05, 0) is 23.6 Å². The van der Waals surface area contributed by atoms with E-state index in [2.05, 4.69) is 4.98 Å². The lowest BCUT2D eigenvalue weighted by Gasteiger charge is -2.03. The van der Waals surface area contributed by atoms with Crippen molar-refractivity contribution in [3.63, 3.8) is 0 Å². The van der Waals surface area contributed by atoms with Gasteiger partial charge in [-0.1, -0.05) is 24.3 Å². The number of fused-ring (bicyclic) bond motifs is 1. The Balaban J connectivity index is 2.26. The first-order valence-electron chi connectivity index (χ1n) is 5.75. The topological polar surface area (TPSA) is 88.8 Å². The zero-order chi connectivity index (χ0) is 13.4. The number of nitrogen functional groups attached to an aromatic ring is 2. The van der Waals surface area contributed by atoms with Gasteiger partial charge in [0.05, 0.1) is 10.6 Å². The van der Waals surface area contributed by atoms with Gasteiger partial charge in [0.15, 0.2) is 0 Å². The number of nitrogens with two attached hydrogens (primary N) is 2. The maximum absolute atomic E-state index is 7.53. The highest BCUT2D eigenvalue weighted by atomic mass is 32.1. The van der Waals surface area contributed by atoms with Crippen LogP contribution < -0.4 is 11.5 Å². The molecule has 0 amide bonds. The third kappa shape index (κ3) is 2.04. The van der Waals surface area contributed by atoms with Crippen LogP contribution in [-0.2, 0) is 0 Å². The minimum atomic E-state index is 0.0904. The number of amidine groups is 1. The summed E-state index contributed by atoms with van der Waals surface area (Å²) in [7, 11) is 0. The van der Waals surface area contributed by atoms with Crippen LogP contribution in [0.1, 0.15) is 4.88 Å². The lowest BCUT2D eigenvalue weighted by molar-refractivity contribution is 1.34. The van der Waals surface area contributed by atoms with Gasteiger partial charge in [0, 0.05) is 10.3 Å². The van der Waals surface area contributed by atoms with Crippen LogP contribution in [0.4, 0.5) is 5.82 Å². The first-order chi connectivity index (χ1) is 9.15. The first kappa shape index (κ1) is 11.7. The lowest BCUT2D eigenvalue weighted by Crippen LogP contribution is -2.08. The van der Waals surface area contributed by atoms with Crippen molar-refractivity contribution in [1.82, 2.24) is 4.98 Å². The highest BCUT2D eigenvalue weighted by molar-refractivity contribution is 7.21. The molecule has 2 heterocycles. The van der Waals surface area contributed by atoms with Gasteiger partial charge in [0.25, 0.3) is 0 Å². The number of rotatable bonds is 2. The summed E-state index contributed by atoms with van der Waals surface area (Å²) < 4.78 is 1.07. The Bertz CT molecular complexity index is 776. The van der Waals surface area contributed by atoms with Gasteiger partial charge in [0.2, 0.25) is 0 Å². The molecule has 0 aliphatic heterocycles. The molecule has 0 atom stereocenters. The number of nitrogens with one attached hydrogen (secondary N) is 1. The van der Waals surface area contributed by atoms with E-state index >= 15 is 0 Å². The second-order valence-electron chi connectivity index (χ2n) is 4.20. The summed E-state index contributed by atoms with van der Waals surface area (Å²) in [6, 6.07) is 13.5. The Hall–Kier alpha value is -2.40. The maximum Gasteiger partial charge on any atom is 0.133 e. The van der Waals surface area contributed by atoms with Crippen LogP contribution in [0, 0.1) is 5.41 Å². The molecule has 0 fully saturated rings. The summed E-state index contributed by atoms with van der Waals surface area (Å²) in [4.78, 5) is 5.12. The molecule has 0 radical (unpaired) electrons. The molecule has 5 heteroatoms. The average Bonchev–Trinajstić information content (AvgIpc) is 2.82. The number of anilines is 1. The number of hydrogen-bond acceptors (Lipinski definition) is 4. The quantitative estimate of drug-likeness (QED) is 0.493. The molecule has 1 aromatic carbocycles. The van der Waals surface area contributed by atoms with Gasteiger partial charge >= 0.3 is 0 Å². The summed E-state index contributed by atoms with van der Waals surface area (Å²) in [5.41, 5.74) is 13.1. The zero-order valence-electron chi connectivity index (χ0n) is 10.1. The predicted octanol–water partition coefficient (Wildman–Crippen LogP) is 2.83. The van der Waals surface area contributed by atoms with E-state index in [0.717, 1.165) is 26.2 Å². The molecule has 0 saturated carbocycles. The van der Waals surface area contributed by atoms with Gasteiger partial charge in [-0.25, -0.2) is 4.98 Å². The Morgan fingerprint density at radius 2 is 1.95 bits per heavy atom. The molecular weight excluding hydrogens is 256 g/mol. The van der Waals surface area contributed by atoms with E-state index in [4.69, 9.17) is 16.9 Å². The van der Waals surface area contributed by atoms with E-state index in [1.54, 1.807) is 6.07 Å². The smallest absolute Gasteiger partial charge is 0.133 e. The number of hydrogen-bond donors (Lipinski definition) is 3. The van der Waals surface area contributed by atoms with Crippen LogP contribution in [0.2, 0.25) is 0 Å². The van der Waals surface area contributed by atoms with Gasteiger partial charge < -0.3 is 11.5 Å². The van der Waals surface area contributed by atoms with Crippen LogP contribution in [0.25, 0.3) is 21.3 Å². The molecule has 19 heavy (non-hydrogen) atoms. The minimum Gasteiger partial charge on any atom is -0.384 e. The van der Waals surface area contributed by atoms with Crippen molar-refractivity contribution in [2.45, 2.75) is 0 Å². The SMILES string of the molecule is N=C(N)c1cc2cccc(-c3cccc(N)n3)c2s1. The molecule has 3 aromatic rings. The van der Waals surface area contributed by atoms with Crippen molar-refractivity contribution in [3.05, 3.63) is 47.3 Å². The van der Waals surface area contributed by atoms with E-state index in [9.17, 15) is 0 Å². The van der Waals surface area contributed by atoms with Crippen LogP contribution in [0.3, 0.4) is 0 Å². The molecule has 0 saturated heterocycles. The Kier molecular flexibility index (Phi) is 2.68. The molecule has 0 bridgehead atoms. The molecule has 0 aliphatic carbocycles. The molecule has 3 rings (SSSR count). The fourth-order valence-corrected chi connectivity index (χ4v) is 3.04. The molecule has 0 spiro atoms. The van der Waals surface area contributed by atoms with Gasteiger partial charge in [-0.15, -0.1) is 11.3 Å². The van der Waals surface area contributed by atoms with E-state index in [-0.39, 0.29) is 5.84 Å². The van der Waals surface area contributed by atoms with Gasteiger partial charge in [0.1, 0.15) is 11.7 Å². The van der Waals surface area contributed by atoms with E-state index in [1.165, 1.54) is 11.3 Å². The first-order valence-corrected chi connectivity index (χ1v) is 6.56. The van der Waals surface area contributed by atoms with Crippen molar-refractivity contribution < 1.29 is 0 Å². The summed E-state index contributed by atoms with van der Waals surface area (Å²) in [6.45, 7) is 0. The van der Waals surface area contributed by atoms with Crippen molar-refractivity contribution >= 4 is 33.1 Å². The molecule has 0 unspecified atom stereocenters. The number of nitrogens with zero attached hydrogens (tertiary/aromatic N) is 1. The third-order valence-electron chi connectivity index (χ3n) is 2.86. The van der Waals surface area contributed by atoms with Crippen molar-refractivity contribution in [2.24, 2.45) is 5.73 Å². The molecule has 94 valence electrons. The Morgan fingerprint density at radius 1 is 1.16 bits per heavy atom. The van der Waals surface area contributed by atoms with E-state index in [1.807, 2.05) is 36.4 Å². The molecule has 5 N–H and O–H groups in total. The monoisotopic (exact) mass is 268 g/mol. The van der Waals surface area contributed by atoms with Gasteiger partial charge in [-0.2, -0.15) is 0 Å². The predicted molar refractivity (Wildman–Crippen MR) is 80.5 cm³/mol. The average molecular weight is 268 g/mol. The number of pyridine rings is 1. The lowest BCUT2D eigenvalue weighted by atomic mass is 10.1. The molecule has 2 aromatic heterocycles. The van der Waals surface area contributed by atoms with E-state index < -0.39 is 0 Å². The minimum absolute atomic E-state index is 0.0904. The van der Waals surface area contributed by atoms with Crippen molar-refractivity contribution in [2.75, 3.05) is 5.73 Å². The fourth-order valence-electron chi connectivity index (χ4n) is 2.00. The van der Waals surface area contributed by atoms with Crippen molar-refractivity contribution in [3.8, 4) is 11.3 Å². The second-order valence-corrected chi connectivity index (χ2v) is 5.25. The largest absolute Gasteiger partial charge is 0.384 e.